The van der Waals surface area contributed by atoms with E-state index in [0.29, 0.717) is 15.9 Å². The van der Waals surface area contributed by atoms with Crippen molar-refractivity contribution in [2.75, 3.05) is 0 Å². The fourth-order valence-corrected chi connectivity index (χ4v) is 4.93. The van der Waals surface area contributed by atoms with Crippen LogP contribution < -0.4 is 10.5 Å². The molecule has 0 atom stereocenters. The monoisotopic (exact) mass is 355 g/mol. The average Bonchev–Trinajstić information content (AvgIpc) is 2.87. The van der Waals surface area contributed by atoms with Gasteiger partial charge in [0.1, 0.15) is 10.6 Å². The summed E-state index contributed by atoms with van der Waals surface area (Å²) in [5.74, 6) is -0.818. The van der Waals surface area contributed by atoms with Crippen LogP contribution in [0.5, 0.6) is 0 Å². The second-order valence-electron chi connectivity index (χ2n) is 5.84. The van der Waals surface area contributed by atoms with E-state index in [1.54, 1.807) is 12.1 Å². The van der Waals surface area contributed by atoms with E-state index in [9.17, 15) is 13.2 Å². The maximum absolute atomic E-state index is 12.8. The van der Waals surface area contributed by atoms with Gasteiger partial charge in [0.15, 0.2) is 0 Å². The molecule has 23 heavy (non-hydrogen) atoms. The highest BCUT2D eigenvalue weighted by Gasteiger charge is 2.29. The lowest BCUT2D eigenvalue weighted by atomic mass is 9.96. The third kappa shape index (κ3) is 3.22. The smallest absolute Gasteiger partial charge is 0.266 e. The van der Waals surface area contributed by atoms with Crippen molar-refractivity contribution in [3.63, 3.8) is 0 Å². The predicted octanol–water partition coefficient (Wildman–Crippen LogP) is 2.53. The number of H-pyrrole nitrogens is 1. The number of fused-ring (bicyclic) bond motifs is 1. The number of carbonyl (C=O) groups excluding carboxylic acids is 1. The normalized spacial score (nSPS) is 16.7. The molecule has 0 unspecified atom stereocenters. The first kappa shape index (κ1) is 16.3. The van der Waals surface area contributed by atoms with Crippen LogP contribution in [0.4, 0.5) is 0 Å². The van der Waals surface area contributed by atoms with Gasteiger partial charge in [0.25, 0.3) is 5.91 Å². The number of carbonyl (C=O) groups is 1. The Kier molecular flexibility index (Phi) is 4.35. The quantitative estimate of drug-likeness (QED) is 0.784. The number of sulfonamides is 1. The minimum absolute atomic E-state index is 0.112. The summed E-state index contributed by atoms with van der Waals surface area (Å²) in [4.78, 5) is 14.3. The van der Waals surface area contributed by atoms with Crippen molar-refractivity contribution >= 4 is 38.4 Å². The standard InChI is InChI=1S/C15H18ClN3O3S/c16-9-6-7-12-11(8-9)14(13(18-12)15(17)20)23(21,22)19-10-4-2-1-3-5-10/h6-8,10,18-19H,1-5H2,(H2,17,20). The Balaban J connectivity index is 2.10. The Morgan fingerprint density at radius 3 is 2.61 bits per heavy atom. The third-order valence-corrected chi connectivity index (χ3v) is 6.00. The van der Waals surface area contributed by atoms with Crippen molar-refractivity contribution < 1.29 is 13.2 Å². The SMILES string of the molecule is NC(=O)c1[nH]c2ccc(Cl)cc2c1S(=O)(=O)NC1CCCCC1. The number of nitrogens with one attached hydrogen (secondary N) is 2. The van der Waals surface area contributed by atoms with Gasteiger partial charge in [-0.3, -0.25) is 4.79 Å². The minimum atomic E-state index is -3.88. The molecule has 0 saturated heterocycles. The van der Waals surface area contributed by atoms with E-state index < -0.39 is 15.9 Å². The minimum Gasteiger partial charge on any atom is -0.364 e. The first-order valence-corrected chi connectivity index (χ1v) is 9.38. The Labute approximate surface area is 139 Å². The average molecular weight is 356 g/mol. The van der Waals surface area contributed by atoms with Crippen LogP contribution in [0.3, 0.4) is 0 Å². The highest BCUT2D eigenvalue weighted by molar-refractivity contribution is 7.89. The van der Waals surface area contributed by atoms with E-state index >= 15 is 0 Å². The van der Waals surface area contributed by atoms with Gasteiger partial charge in [-0.05, 0) is 31.0 Å². The first-order chi connectivity index (χ1) is 10.9. The number of aromatic amines is 1. The van der Waals surface area contributed by atoms with Crippen LogP contribution in [0.25, 0.3) is 10.9 Å². The molecule has 1 aliphatic carbocycles. The first-order valence-electron chi connectivity index (χ1n) is 7.52. The van der Waals surface area contributed by atoms with E-state index in [4.69, 9.17) is 17.3 Å². The van der Waals surface area contributed by atoms with E-state index in [-0.39, 0.29) is 16.6 Å². The number of amides is 1. The lowest BCUT2D eigenvalue weighted by Gasteiger charge is -2.22. The summed E-state index contributed by atoms with van der Waals surface area (Å²) in [7, 11) is -3.88. The van der Waals surface area contributed by atoms with Crippen LogP contribution >= 0.6 is 11.6 Å². The summed E-state index contributed by atoms with van der Waals surface area (Å²) < 4.78 is 28.4. The molecule has 0 aliphatic heterocycles. The molecule has 1 fully saturated rings. The summed E-state index contributed by atoms with van der Waals surface area (Å²) in [6.07, 6.45) is 4.71. The van der Waals surface area contributed by atoms with E-state index in [1.807, 2.05) is 0 Å². The fourth-order valence-electron chi connectivity index (χ4n) is 3.09. The zero-order chi connectivity index (χ0) is 16.6. The van der Waals surface area contributed by atoms with E-state index in [2.05, 4.69) is 9.71 Å². The molecule has 1 heterocycles. The second-order valence-corrected chi connectivity index (χ2v) is 7.93. The zero-order valence-electron chi connectivity index (χ0n) is 12.4. The van der Waals surface area contributed by atoms with Crippen LogP contribution in [-0.4, -0.2) is 25.4 Å². The van der Waals surface area contributed by atoms with Gasteiger partial charge in [-0.1, -0.05) is 30.9 Å². The van der Waals surface area contributed by atoms with Crippen molar-refractivity contribution in [2.24, 2.45) is 5.73 Å². The number of hydrogen-bond donors (Lipinski definition) is 3. The Hall–Kier alpha value is -1.57. The molecule has 124 valence electrons. The molecule has 1 saturated carbocycles. The Morgan fingerprint density at radius 1 is 1.26 bits per heavy atom. The molecule has 6 nitrogen and oxygen atoms in total. The molecule has 3 rings (SSSR count). The highest BCUT2D eigenvalue weighted by Crippen LogP contribution is 2.30. The van der Waals surface area contributed by atoms with Crippen molar-refractivity contribution in [1.82, 2.24) is 9.71 Å². The van der Waals surface area contributed by atoms with Gasteiger partial charge in [0, 0.05) is 22.0 Å². The molecule has 1 aromatic carbocycles. The number of rotatable bonds is 4. The summed E-state index contributed by atoms with van der Waals surface area (Å²) in [6.45, 7) is 0. The Morgan fingerprint density at radius 2 is 1.96 bits per heavy atom. The fraction of sp³-hybridized carbons (Fsp3) is 0.400. The summed E-state index contributed by atoms with van der Waals surface area (Å²) >= 11 is 5.98. The lowest BCUT2D eigenvalue weighted by Crippen LogP contribution is -2.37. The van der Waals surface area contributed by atoms with Crippen LogP contribution in [0.15, 0.2) is 23.1 Å². The molecule has 4 N–H and O–H groups in total. The molecular formula is C15H18ClN3O3S. The zero-order valence-corrected chi connectivity index (χ0v) is 14.0. The van der Waals surface area contributed by atoms with Crippen molar-refractivity contribution in [3.05, 3.63) is 28.9 Å². The van der Waals surface area contributed by atoms with E-state index in [1.165, 1.54) is 6.07 Å². The number of hydrogen-bond acceptors (Lipinski definition) is 3. The number of halogens is 1. The van der Waals surface area contributed by atoms with Crippen LogP contribution in [-0.2, 0) is 10.0 Å². The number of benzene rings is 1. The molecule has 1 aromatic heterocycles. The van der Waals surface area contributed by atoms with Crippen LogP contribution in [0, 0.1) is 0 Å². The largest absolute Gasteiger partial charge is 0.364 e. The van der Waals surface area contributed by atoms with Gasteiger partial charge in [-0.2, -0.15) is 0 Å². The molecule has 0 bridgehead atoms. The Bertz CT molecular complexity index is 854. The van der Waals surface area contributed by atoms with Crippen molar-refractivity contribution in [2.45, 2.75) is 43.0 Å². The molecular weight excluding hydrogens is 338 g/mol. The topological polar surface area (TPSA) is 105 Å². The summed E-state index contributed by atoms with van der Waals surface area (Å²) in [5.41, 5.74) is 5.74. The van der Waals surface area contributed by atoms with Gasteiger partial charge < -0.3 is 10.7 Å². The van der Waals surface area contributed by atoms with Gasteiger partial charge in [0.05, 0.1) is 0 Å². The molecule has 8 heteroatoms. The maximum atomic E-state index is 12.8. The summed E-state index contributed by atoms with van der Waals surface area (Å²) in [5, 5.41) is 0.760. The molecule has 1 amide bonds. The lowest BCUT2D eigenvalue weighted by molar-refractivity contribution is 0.0993. The second kappa shape index (κ2) is 6.14. The predicted molar refractivity (Wildman–Crippen MR) is 89.0 cm³/mol. The number of nitrogens with two attached hydrogens (primary N) is 1. The van der Waals surface area contributed by atoms with Crippen molar-refractivity contribution in [1.29, 1.82) is 0 Å². The van der Waals surface area contributed by atoms with Gasteiger partial charge in [-0.15, -0.1) is 0 Å². The molecule has 0 radical (unpaired) electrons. The molecule has 2 aromatic rings. The number of aromatic nitrogens is 1. The number of primary amides is 1. The molecule has 0 spiro atoms. The van der Waals surface area contributed by atoms with E-state index in [0.717, 1.165) is 32.1 Å². The van der Waals surface area contributed by atoms with Crippen LogP contribution in [0.1, 0.15) is 42.6 Å². The molecule has 1 aliphatic rings. The maximum Gasteiger partial charge on any atom is 0.266 e. The highest BCUT2D eigenvalue weighted by atomic mass is 35.5. The summed E-state index contributed by atoms with van der Waals surface area (Å²) in [6, 6.07) is 4.66. The third-order valence-electron chi connectivity index (χ3n) is 4.16. The van der Waals surface area contributed by atoms with Gasteiger partial charge >= 0.3 is 0 Å². The van der Waals surface area contributed by atoms with Gasteiger partial charge in [-0.25, -0.2) is 13.1 Å². The van der Waals surface area contributed by atoms with Crippen molar-refractivity contribution in [3.8, 4) is 0 Å². The van der Waals surface area contributed by atoms with Crippen LogP contribution in [0.2, 0.25) is 5.02 Å². The van der Waals surface area contributed by atoms with Gasteiger partial charge in [0.2, 0.25) is 10.0 Å².